The number of carboxylic acids is 1. The molecule has 71 heavy (non-hydrogen) atoms. The van der Waals surface area contributed by atoms with Gasteiger partial charge in [0.05, 0.1) is 44.1 Å². The average molecular weight is 1060 g/mol. The summed E-state index contributed by atoms with van der Waals surface area (Å²) in [6.45, 7) is 7.63. The van der Waals surface area contributed by atoms with Crippen molar-refractivity contribution in [3.63, 3.8) is 0 Å². The first-order valence-corrected chi connectivity index (χ1v) is 24.6. The van der Waals surface area contributed by atoms with Crippen LogP contribution in [0.25, 0.3) is 22.3 Å². The highest BCUT2D eigenvalue weighted by Crippen LogP contribution is 2.35. The zero-order valence-corrected chi connectivity index (χ0v) is 42.4. The molecule has 0 aliphatic carbocycles. The van der Waals surface area contributed by atoms with Gasteiger partial charge in [-0.25, -0.2) is 0 Å². The molecule has 15 heteroatoms. The van der Waals surface area contributed by atoms with Crippen molar-refractivity contribution in [2.24, 2.45) is 0 Å². The van der Waals surface area contributed by atoms with Crippen LogP contribution in [0.3, 0.4) is 0 Å². The Hall–Kier alpha value is -7.06. The van der Waals surface area contributed by atoms with Gasteiger partial charge in [-0.2, -0.15) is 0 Å². The van der Waals surface area contributed by atoms with E-state index >= 15 is 0 Å². The third-order valence-electron chi connectivity index (χ3n) is 10.8. The summed E-state index contributed by atoms with van der Waals surface area (Å²) in [4.78, 5) is 22.9. The number of nitrogens with zero attached hydrogens (tertiary/aromatic N) is 2. The van der Waals surface area contributed by atoms with Crippen molar-refractivity contribution in [1.82, 2.24) is 10.3 Å². The number of benzene rings is 6. The predicted octanol–water partition coefficient (Wildman–Crippen LogP) is 14.3. The molecule has 0 bridgehead atoms. The van der Waals surface area contributed by atoms with Gasteiger partial charge >= 0.3 is 11.9 Å². The van der Waals surface area contributed by atoms with E-state index < -0.39 is 5.97 Å². The molecule has 2 heterocycles. The summed E-state index contributed by atoms with van der Waals surface area (Å²) in [7, 11) is 0. The number of hydrogen-bond donors (Lipinski definition) is 2. The van der Waals surface area contributed by atoms with E-state index in [0.29, 0.717) is 53.6 Å². The molecule has 2 atom stereocenters. The number of alkyl halides is 1. The van der Waals surface area contributed by atoms with Gasteiger partial charge in [-0.3, -0.25) is 9.59 Å². The predicted molar refractivity (Wildman–Crippen MR) is 278 cm³/mol. The van der Waals surface area contributed by atoms with Gasteiger partial charge in [0.1, 0.15) is 42.1 Å². The highest BCUT2D eigenvalue weighted by molar-refractivity contribution is 9.08. The van der Waals surface area contributed by atoms with Gasteiger partial charge in [0.25, 0.3) is 0 Å². The Balaban J connectivity index is 0.000000189. The molecule has 8 rings (SSSR count). The number of halogens is 3. The number of ether oxygens (including phenoxy) is 4. The molecule has 0 saturated heterocycles. The fourth-order valence-electron chi connectivity index (χ4n) is 7.39. The lowest BCUT2D eigenvalue weighted by Gasteiger charge is -2.14. The van der Waals surface area contributed by atoms with E-state index in [1.54, 1.807) is 43.3 Å². The first kappa shape index (κ1) is 53.3. The number of phenols is 1. The van der Waals surface area contributed by atoms with Gasteiger partial charge in [-0.1, -0.05) is 122 Å². The number of carbonyl (C=O) groups is 2. The number of esters is 1. The third kappa shape index (κ3) is 16.0. The summed E-state index contributed by atoms with van der Waals surface area (Å²) < 4.78 is 32.0. The second kappa shape index (κ2) is 27.4. The van der Waals surface area contributed by atoms with E-state index in [4.69, 9.17) is 51.2 Å². The lowest BCUT2D eigenvalue weighted by molar-refractivity contribution is -0.143. The fraction of sp³-hybridized carbons (Fsp3) is 0.214. The first-order chi connectivity index (χ1) is 34.5. The number of phenolic OH excluding ortho intramolecular Hbond substituents is 1. The molecule has 0 radical (unpaired) electrons. The molecule has 0 spiro atoms. The Morgan fingerprint density at radius 3 is 1.51 bits per heavy atom. The minimum absolute atomic E-state index is 0.0717. The maximum absolute atomic E-state index is 11.7. The highest BCUT2D eigenvalue weighted by atomic mass is 79.9. The van der Waals surface area contributed by atoms with Crippen LogP contribution in [0, 0.1) is 0 Å². The summed E-state index contributed by atoms with van der Waals surface area (Å²) in [6.07, 6.45) is 3.02. The molecule has 12 nitrogen and oxygen atoms in total. The van der Waals surface area contributed by atoms with Gasteiger partial charge in [-0.05, 0) is 115 Å². The van der Waals surface area contributed by atoms with E-state index in [2.05, 4.69) is 50.5 Å². The number of hydrogen-bond acceptors (Lipinski definition) is 11. The quantitative estimate of drug-likeness (QED) is 0.0583. The largest absolute Gasteiger partial charge is 0.508 e. The van der Waals surface area contributed by atoms with E-state index in [0.717, 1.165) is 55.8 Å². The molecule has 6 aromatic carbocycles. The maximum atomic E-state index is 11.7. The zero-order chi connectivity index (χ0) is 50.5. The van der Waals surface area contributed by atoms with Crippen LogP contribution < -0.4 is 14.2 Å². The van der Waals surface area contributed by atoms with Crippen molar-refractivity contribution in [3.05, 3.63) is 202 Å². The summed E-state index contributed by atoms with van der Waals surface area (Å²) >= 11 is 15.6. The molecule has 368 valence electrons. The molecule has 2 N–H and O–H groups in total. The van der Waals surface area contributed by atoms with Crippen molar-refractivity contribution in [2.75, 3.05) is 19.8 Å². The summed E-state index contributed by atoms with van der Waals surface area (Å²) in [5.74, 6) is 0.651. The Morgan fingerprint density at radius 2 is 1.07 bits per heavy atom. The number of carboxylic acid groups (broad SMARTS) is 1. The molecule has 0 aliphatic rings. The van der Waals surface area contributed by atoms with Gasteiger partial charge in [0.15, 0.2) is 0 Å². The lowest BCUT2D eigenvalue weighted by atomic mass is 9.92. The van der Waals surface area contributed by atoms with Crippen molar-refractivity contribution in [1.29, 1.82) is 0 Å². The Morgan fingerprint density at radius 1 is 0.592 bits per heavy atom. The van der Waals surface area contributed by atoms with Crippen molar-refractivity contribution >= 4 is 51.1 Å². The SMILES string of the molecule is CCOC(=O)C[C@H](c1ccc(O)cc1)c1ccon1.CCOc1cc(Cl)ccc1-c1ccc(CBr)cc1.CCOc1cc(Cl)ccc1-c1ccc(COc2ccc([C@@H](CC(=O)O)c3ccon3)cc2)cc1. The number of carbonyl (C=O) groups excluding carboxylic acids is 1. The molecule has 8 aromatic rings. The van der Waals surface area contributed by atoms with Gasteiger partial charge in [-0.15, -0.1) is 0 Å². The van der Waals surface area contributed by atoms with E-state index in [1.807, 2.05) is 98.8 Å². The summed E-state index contributed by atoms with van der Waals surface area (Å²) in [5, 5.41) is 28.6. The molecular weight excluding hydrogens is 1010 g/mol. The van der Waals surface area contributed by atoms with Crippen molar-refractivity contribution < 1.29 is 47.8 Å². The topological polar surface area (TPSA) is 164 Å². The van der Waals surface area contributed by atoms with E-state index in [9.17, 15) is 19.8 Å². The van der Waals surface area contributed by atoms with Gasteiger partial charge < -0.3 is 38.2 Å². The molecule has 0 amide bonds. The van der Waals surface area contributed by atoms with Crippen molar-refractivity contribution in [2.45, 2.75) is 57.4 Å². The van der Waals surface area contributed by atoms with E-state index in [-0.39, 0.29) is 36.4 Å². The molecular formula is C56H53BrCl2N2O10. The number of aliphatic carboxylic acids is 1. The standard InChI is InChI=1S/C27H24ClNO5.C15H14BrClO.C14H15NO4/c1-2-32-26-15-21(28)9-12-23(26)19-5-3-18(4-6-19)17-33-22-10-7-20(8-11-22)24(16-27(30)31)25-13-14-34-29-25;1-2-18-15-9-13(17)7-8-14(15)12-5-3-11(10-16)4-6-12;1-2-18-14(17)9-12(13-7-8-19-15-13)10-3-5-11(16)6-4-10/h3-15,24H,2,16-17H2,1H3,(H,30,31);3-9H,2,10H2,1H3;3-8,12,16H,2,9H2,1H3/t24-;;12-/m1.1/s1. The fourth-order valence-corrected chi connectivity index (χ4v) is 8.09. The van der Waals surface area contributed by atoms with Crippen LogP contribution >= 0.6 is 39.1 Å². The second-order valence-corrected chi connectivity index (χ2v) is 17.1. The molecule has 0 unspecified atom stereocenters. The number of rotatable bonds is 19. The smallest absolute Gasteiger partial charge is 0.306 e. The molecule has 0 aliphatic heterocycles. The molecule has 0 fully saturated rings. The highest BCUT2D eigenvalue weighted by Gasteiger charge is 2.22. The normalized spacial score (nSPS) is 11.5. The van der Waals surface area contributed by atoms with Crippen LogP contribution in [0.4, 0.5) is 0 Å². The number of aromatic nitrogens is 2. The molecule has 2 aromatic heterocycles. The van der Waals surface area contributed by atoms with Gasteiger partial charge in [0.2, 0.25) is 0 Å². The summed E-state index contributed by atoms with van der Waals surface area (Å²) in [6, 6.07) is 45.3. The Bertz CT molecular complexity index is 2860. The van der Waals surface area contributed by atoms with Crippen LogP contribution in [0.1, 0.15) is 79.1 Å². The van der Waals surface area contributed by atoms with Crippen LogP contribution in [0.15, 0.2) is 167 Å². The lowest BCUT2D eigenvalue weighted by Crippen LogP contribution is -2.11. The minimum Gasteiger partial charge on any atom is -0.508 e. The van der Waals surface area contributed by atoms with Gasteiger partial charge in [0, 0.05) is 50.5 Å². The van der Waals surface area contributed by atoms with Crippen LogP contribution in [-0.2, 0) is 26.3 Å². The number of aromatic hydroxyl groups is 1. The summed E-state index contributed by atoms with van der Waals surface area (Å²) in [5.41, 5.74) is 9.46. The van der Waals surface area contributed by atoms with Crippen LogP contribution in [0.5, 0.6) is 23.0 Å². The minimum atomic E-state index is -0.899. The van der Waals surface area contributed by atoms with Crippen LogP contribution in [-0.4, -0.2) is 52.3 Å². The monoisotopic (exact) mass is 1060 g/mol. The van der Waals surface area contributed by atoms with Crippen LogP contribution in [0.2, 0.25) is 10.0 Å². The average Bonchev–Trinajstić information content (AvgIpc) is 4.13. The van der Waals surface area contributed by atoms with E-state index in [1.165, 1.54) is 18.1 Å². The van der Waals surface area contributed by atoms with Crippen molar-refractivity contribution in [3.8, 4) is 45.3 Å². The maximum Gasteiger partial charge on any atom is 0.306 e. The third-order valence-corrected chi connectivity index (χ3v) is 12.0. The Kier molecular flexibility index (Phi) is 20.5. The molecule has 0 saturated carbocycles. The first-order valence-electron chi connectivity index (χ1n) is 22.8. The second-order valence-electron chi connectivity index (χ2n) is 15.7. The Labute approximate surface area is 431 Å². The zero-order valence-electron chi connectivity index (χ0n) is 39.3.